The van der Waals surface area contributed by atoms with E-state index in [1.165, 1.54) is 0 Å². The van der Waals surface area contributed by atoms with Gasteiger partial charge in [-0.25, -0.2) is 13.2 Å². The van der Waals surface area contributed by atoms with Crippen LogP contribution in [0.5, 0.6) is 0 Å². The van der Waals surface area contributed by atoms with E-state index in [2.05, 4.69) is 0 Å². The molecule has 2 amide bonds. The Hall–Kier alpha value is -1.64. The predicted molar refractivity (Wildman–Crippen MR) is 57.7 cm³/mol. The lowest BCUT2D eigenvalue weighted by molar-refractivity contribution is -0.140. The molecule has 4 N–H and O–H groups in total. The average molecular weight is 266 g/mol. The van der Waals surface area contributed by atoms with E-state index in [0.717, 1.165) is 13.8 Å². The highest BCUT2D eigenvalue weighted by Crippen LogP contribution is 2.04. The number of carbonyl (C=O) groups excluding carboxylic acids is 2. The number of rotatable bonds is 6. The Kier molecular flexibility index (Phi) is 5.08. The Morgan fingerprint density at radius 3 is 2.12 bits per heavy atom. The summed E-state index contributed by atoms with van der Waals surface area (Å²) in [5.41, 5.74) is 4.82. The number of sulfone groups is 1. The number of primary amides is 1. The molecular formula is C8H14N2O6S. The van der Waals surface area contributed by atoms with Crippen molar-refractivity contribution in [3.63, 3.8) is 0 Å². The second kappa shape index (κ2) is 5.62. The number of hydrogen-bond acceptors (Lipinski definition) is 5. The maximum Gasteiger partial charge on any atom is 0.327 e. The van der Waals surface area contributed by atoms with Crippen molar-refractivity contribution in [2.75, 3.05) is 5.75 Å². The van der Waals surface area contributed by atoms with Crippen molar-refractivity contribution in [2.45, 2.75) is 25.1 Å². The number of nitrogens with two attached hydrogens (primary N) is 1. The minimum absolute atomic E-state index is 0.681. The topological polar surface area (TPSA) is 144 Å². The standard InChI is InChI=1S/C8H14N2O6S/c1-4(7(9)12)17(15,16)3-6(8(13)14)10-5(2)11/h4,6H,3H2,1-2H3,(H2,9,12)(H,10,11)(H,13,14). The predicted octanol–water partition coefficient (Wildman–Crippen LogP) is -2.14. The number of amides is 2. The van der Waals surface area contributed by atoms with Gasteiger partial charge in [0.15, 0.2) is 9.84 Å². The lowest BCUT2D eigenvalue weighted by atomic mass is 10.3. The van der Waals surface area contributed by atoms with E-state index in [9.17, 15) is 22.8 Å². The fourth-order valence-corrected chi connectivity index (χ4v) is 2.31. The molecule has 0 saturated heterocycles. The third-order valence-corrected chi connectivity index (χ3v) is 4.12. The van der Waals surface area contributed by atoms with Gasteiger partial charge in [-0.15, -0.1) is 0 Å². The van der Waals surface area contributed by atoms with E-state index >= 15 is 0 Å². The summed E-state index contributed by atoms with van der Waals surface area (Å²) in [7, 11) is -4.02. The summed E-state index contributed by atoms with van der Waals surface area (Å²) < 4.78 is 23.1. The van der Waals surface area contributed by atoms with E-state index in [1.807, 2.05) is 5.32 Å². The van der Waals surface area contributed by atoms with E-state index in [0.29, 0.717) is 0 Å². The molecule has 0 spiro atoms. The first kappa shape index (κ1) is 15.4. The van der Waals surface area contributed by atoms with Gasteiger partial charge in [0.05, 0.1) is 5.75 Å². The largest absolute Gasteiger partial charge is 0.480 e. The van der Waals surface area contributed by atoms with Crippen molar-refractivity contribution in [1.29, 1.82) is 0 Å². The van der Waals surface area contributed by atoms with Crippen LogP contribution in [0.1, 0.15) is 13.8 Å². The third kappa shape index (κ3) is 4.81. The van der Waals surface area contributed by atoms with E-state index in [4.69, 9.17) is 10.8 Å². The molecule has 17 heavy (non-hydrogen) atoms. The Labute approximate surface area is 98.1 Å². The lowest BCUT2D eigenvalue weighted by Crippen LogP contribution is -2.47. The molecule has 2 atom stereocenters. The fraction of sp³-hybridized carbons (Fsp3) is 0.625. The number of aliphatic carboxylic acids is 1. The van der Waals surface area contributed by atoms with Crippen LogP contribution in [0.25, 0.3) is 0 Å². The Balaban J connectivity index is 4.94. The van der Waals surface area contributed by atoms with Crippen LogP contribution in [0, 0.1) is 0 Å². The van der Waals surface area contributed by atoms with Crippen LogP contribution >= 0.6 is 0 Å². The normalized spacial score (nSPS) is 14.7. The zero-order valence-electron chi connectivity index (χ0n) is 9.34. The summed E-state index contributed by atoms with van der Waals surface area (Å²) in [5.74, 6) is -4.14. The van der Waals surface area contributed by atoms with Gasteiger partial charge in [0, 0.05) is 6.92 Å². The van der Waals surface area contributed by atoms with Crippen molar-refractivity contribution < 1.29 is 27.9 Å². The van der Waals surface area contributed by atoms with Gasteiger partial charge in [0.2, 0.25) is 11.8 Å². The molecule has 2 unspecified atom stereocenters. The van der Waals surface area contributed by atoms with Crippen LogP contribution in [-0.4, -0.2) is 48.4 Å². The molecule has 0 radical (unpaired) electrons. The van der Waals surface area contributed by atoms with Crippen molar-refractivity contribution in [1.82, 2.24) is 5.32 Å². The first-order chi connectivity index (χ1) is 7.58. The van der Waals surface area contributed by atoms with Gasteiger partial charge in [0.1, 0.15) is 11.3 Å². The first-order valence-electron chi connectivity index (χ1n) is 4.58. The van der Waals surface area contributed by atoms with Crippen LogP contribution in [-0.2, 0) is 24.2 Å². The summed E-state index contributed by atoms with van der Waals surface area (Å²) in [5, 5.41) is 9.17. The summed E-state index contributed by atoms with van der Waals surface area (Å²) in [4.78, 5) is 32.1. The van der Waals surface area contributed by atoms with Gasteiger partial charge >= 0.3 is 5.97 Å². The zero-order valence-corrected chi connectivity index (χ0v) is 10.2. The van der Waals surface area contributed by atoms with E-state index < -0.39 is 44.7 Å². The molecular weight excluding hydrogens is 252 g/mol. The van der Waals surface area contributed by atoms with Crippen molar-refractivity contribution in [2.24, 2.45) is 5.73 Å². The maximum absolute atomic E-state index is 11.6. The molecule has 0 aromatic rings. The summed E-state index contributed by atoms with van der Waals surface area (Å²) in [6, 6.07) is -1.60. The maximum atomic E-state index is 11.6. The average Bonchev–Trinajstić information content (AvgIpc) is 2.14. The van der Waals surface area contributed by atoms with Gasteiger partial charge in [-0.1, -0.05) is 0 Å². The van der Waals surface area contributed by atoms with Crippen molar-refractivity contribution in [3.05, 3.63) is 0 Å². The SMILES string of the molecule is CC(=O)NC(CS(=O)(=O)C(C)C(N)=O)C(=O)O. The Bertz CT molecular complexity index is 429. The smallest absolute Gasteiger partial charge is 0.327 e. The molecule has 0 rings (SSSR count). The third-order valence-electron chi connectivity index (χ3n) is 2.01. The van der Waals surface area contributed by atoms with Gasteiger partial charge in [0.25, 0.3) is 0 Å². The molecule has 8 nitrogen and oxygen atoms in total. The number of carbonyl (C=O) groups is 3. The molecule has 0 aliphatic heterocycles. The van der Waals surface area contributed by atoms with Crippen LogP contribution in [0.3, 0.4) is 0 Å². The molecule has 0 saturated carbocycles. The highest BCUT2D eigenvalue weighted by molar-refractivity contribution is 7.92. The minimum Gasteiger partial charge on any atom is -0.480 e. The van der Waals surface area contributed by atoms with E-state index in [-0.39, 0.29) is 0 Å². The van der Waals surface area contributed by atoms with E-state index in [1.54, 1.807) is 0 Å². The highest BCUT2D eigenvalue weighted by atomic mass is 32.2. The van der Waals surface area contributed by atoms with Gasteiger partial charge in [-0.05, 0) is 6.92 Å². The molecule has 0 heterocycles. The number of nitrogens with one attached hydrogen (secondary N) is 1. The summed E-state index contributed by atoms with van der Waals surface area (Å²) in [6.07, 6.45) is 0. The molecule has 0 fully saturated rings. The second-order valence-corrected chi connectivity index (χ2v) is 5.83. The van der Waals surface area contributed by atoms with Crippen LogP contribution in [0.4, 0.5) is 0 Å². The molecule has 0 bridgehead atoms. The highest BCUT2D eigenvalue weighted by Gasteiger charge is 2.32. The van der Waals surface area contributed by atoms with Gasteiger partial charge < -0.3 is 16.2 Å². The Morgan fingerprint density at radius 1 is 1.35 bits per heavy atom. The molecule has 98 valence electrons. The molecule has 9 heteroatoms. The first-order valence-corrected chi connectivity index (χ1v) is 6.30. The van der Waals surface area contributed by atoms with Crippen LogP contribution in [0.15, 0.2) is 0 Å². The summed E-state index contributed by atoms with van der Waals surface area (Å²) >= 11 is 0. The van der Waals surface area contributed by atoms with Crippen LogP contribution in [0.2, 0.25) is 0 Å². The number of carboxylic acids is 1. The molecule has 0 aliphatic rings. The quantitative estimate of drug-likeness (QED) is 0.500. The number of carboxylic acid groups (broad SMARTS) is 1. The summed E-state index contributed by atoms with van der Waals surface area (Å²) in [6.45, 7) is 2.12. The molecule has 0 aromatic carbocycles. The van der Waals surface area contributed by atoms with Gasteiger partial charge in [-0.3, -0.25) is 9.59 Å². The monoisotopic (exact) mass is 266 g/mol. The van der Waals surface area contributed by atoms with Gasteiger partial charge in [-0.2, -0.15) is 0 Å². The fourth-order valence-electron chi connectivity index (χ4n) is 0.974. The molecule has 0 aromatic heterocycles. The van der Waals surface area contributed by atoms with Crippen LogP contribution < -0.4 is 11.1 Å². The number of hydrogen-bond donors (Lipinski definition) is 3. The lowest BCUT2D eigenvalue weighted by Gasteiger charge is -2.15. The Morgan fingerprint density at radius 2 is 1.82 bits per heavy atom. The second-order valence-electron chi connectivity index (χ2n) is 3.47. The van der Waals surface area contributed by atoms with Crippen molar-refractivity contribution in [3.8, 4) is 0 Å². The minimum atomic E-state index is -4.02. The van der Waals surface area contributed by atoms with Crippen molar-refractivity contribution >= 4 is 27.6 Å². The zero-order chi connectivity index (χ0) is 13.8. The molecule has 0 aliphatic carbocycles.